The Morgan fingerprint density at radius 3 is 2.38 bits per heavy atom. The van der Waals surface area contributed by atoms with Crippen molar-refractivity contribution in [1.29, 1.82) is 0 Å². The van der Waals surface area contributed by atoms with E-state index in [0.29, 0.717) is 0 Å². The Balaban J connectivity index is 1.66. The molecule has 0 unspecified atom stereocenters. The molecule has 0 fully saturated rings. The molecule has 3 amide bonds. The monoisotopic (exact) mass is 412 g/mol. The number of imide groups is 1. The van der Waals surface area contributed by atoms with Gasteiger partial charge in [-0.15, -0.1) is 0 Å². The number of fused-ring (bicyclic) bond motifs is 1. The van der Waals surface area contributed by atoms with E-state index in [1.165, 1.54) is 24.3 Å². The molecule has 4 rings (SSSR count). The van der Waals surface area contributed by atoms with Crippen LogP contribution in [0, 0.1) is 11.6 Å². The molecule has 0 radical (unpaired) electrons. The van der Waals surface area contributed by atoms with E-state index in [-0.39, 0.29) is 33.1 Å². The lowest BCUT2D eigenvalue weighted by Crippen LogP contribution is -2.29. The van der Waals surface area contributed by atoms with Gasteiger partial charge in [0.25, 0.3) is 17.7 Å². The van der Waals surface area contributed by atoms with Gasteiger partial charge in [-0.25, -0.2) is 13.7 Å². The summed E-state index contributed by atoms with van der Waals surface area (Å²) >= 11 is 6.10. The van der Waals surface area contributed by atoms with Gasteiger partial charge in [-0.05, 0) is 42.5 Å². The van der Waals surface area contributed by atoms with E-state index in [2.05, 4.69) is 5.32 Å². The summed E-state index contributed by atoms with van der Waals surface area (Å²) in [6.45, 7) is 0. The van der Waals surface area contributed by atoms with Crippen molar-refractivity contribution in [1.82, 2.24) is 0 Å². The third kappa shape index (κ3) is 3.25. The molecule has 0 saturated carbocycles. The van der Waals surface area contributed by atoms with Crippen molar-refractivity contribution in [3.05, 3.63) is 94.0 Å². The van der Waals surface area contributed by atoms with Crippen LogP contribution in [0.1, 0.15) is 31.1 Å². The Bertz CT molecular complexity index is 1200. The normalized spacial score (nSPS) is 12.9. The molecule has 29 heavy (non-hydrogen) atoms. The number of carbonyl (C=O) groups is 3. The minimum atomic E-state index is -0.808. The first kappa shape index (κ1) is 18.8. The van der Waals surface area contributed by atoms with Crippen molar-refractivity contribution in [3.8, 4) is 0 Å². The van der Waals surface area contributed by atoms with Crippen LogP contribution < -0.4 is 10.2 Å². The van der Waals surface area contributed by atoms with Crippen molar-refractivity contribution < 1.29 is 23.2 Å². The number of rotatable bonds is 3. The van der Waals surface area contributed by atoms with Gasteiger partial charge in [0.2, 0.25) is 0 Å². The van der Waals surface area contributed by atoms with Gasteiger partial charge in [-0.2, -0.15) is 0 Å². The number of anilines is 2. The van der Waals surface area contributed by atoms with Crippen molar-refractivity contribution >= 4 is 40.7 Å². The van der Waals surface area contributed by atoms with Crippen LogP contribution in [0.3, 0.4) is 0 Å². The molecule has 1 N–H and O–H groups in total. The second-order valence-corrected chi connectivity index (χ2v) is 6.64. The Morgan fingerprint density at radius 1 is 0.897 bits per heavy atom. The van der Waals surface area contributed by atoms with Crippen LogP contribution in [0.5, 0.6) is 0 Å². The van der Waals surface area contributed by atoms with Gasteiger partial charge < -0.3 is 5.32 Å². The van der Waals surface area contributed by atoms with Crippen molar-refractivity contribution in [2.45, 2.75) is 0 Å². The predicted octanol–water partition coefficient (Wildman–Crippen LogP) is 4.67. The largest absolute Gasteiger partial charge is 0.319 e. The molecule has 0 atom stereocenters. The minimum Gasteiger partial charge on any atom is -0.319 e. The molecular formula is C21H11ClF2N2O3. The van der Waals surface area contributed by atoms with Crippen LogP contribution in [0.15, 0.2) is 60.7 Å². The van der Waals surface area contributed by atoms with E-state index in [0.717, 1.165) is 23.1 Å². The first-order chi connectivity index (χ1) is 13.9. The molecule has 1 heterocycles. The van der Waals surface area contributed by atoms with Crippen LogP contribution in [0.4, 0.5) is 20.2 Å². The quantitative estimate of drug-likeness (QED) is 0.636. The van der Waals surface area contributed by atoms with Crippen LogP contribution in [-0.4, -0.2) is 17.7 Å². The number of amides is 3. The van der Waals surface area contributed by atoms with Gasteiger partial charge in [-0.1, -0.05) is 23.7 Å². The Labute approximate surface area is 168 Å². The fraction of sp³-hybridized carbons (Fsp3) is 0. The molecule has 1 aliphatic rings. The molecule has 3 aromatic carbocycles. The number of hydrogen-bond acceptors (Lipinski definition) is 3. The molecule has 1 aliphatic heterocycles. The van der Waals surface area contributed by atoms with Crippen LogP contribution in [0.25, 0.3) is 0 Å². The molecule has 144 valence electrons. The highest BCUT2D eigenvalue weighted by Crippen LogP contribution is 2.33. The number of nitrogens with one attached hydrogen (secondary N) is 1. The number of halogens is 3. The zero-order chi connectivity index (χ0) is 20.7. The second kappa shape index (κ2) is 7.10. The molecule has 8 heteroatoms. The van der Waals surface area contributed by atoms with Gasteiger partial charge in [0.1, 0.15) is 11.6 Å². The Morgan fingerprint density at radius 2 is 1.62 bits per heavy atom. The molecule has 0 aliphatic carbocycles. The maximum atomic E-state index is 13.8. The summed E-state index contributed by atoms with van der Waals surface area (Å²) in [5.74, 6) is -3.48. The summed E-state index contributed by atoms with van der Waals surface area (Å²) in [6, 6.07) is 12.9. The van der Waals surface area contributed by atoms with E-state index in [4.69, 9.17) is 11.6 Å². The van der Waals surface area contributed by atoms with E-state index in [1.807, 2.05) is 0 Å². The maximum absolute atomic E-state index is 13.8. The summed E-state index contributed by atoms with van der Waals surface area (Å²) in [4.78, 5) is 38.8. The van der Waals surface area contributed by atoms with Crippen molar-refractivity contribution in [2.75, 3.05) is 10.2 Å². The molecule has 0 bridgehead atoms. The lowest BCUT2D eigenvalue weighted by molar-refractivity contribution is 0.0925. The standard InChI is InChI=1S/C21H11ClF2N2O3/c22-15-3-1-2-4-18(15)26-20(28)13-7-5-11(9-14(13)21(26)29)19(27)25-17-10-12(23)6-8-16(17)24/h1-10H,(H,25,27). The van der Waals surface area contributed by atoms with Gasteiger partial charge in [0.05, 0.1) is 27.5 Å². The lowest BCUT2D eigenvalue weighted by Gasteiger charge is -2.15. The Hall–Kier alpha value is -3.58. The van der Waals surface area contributed by atoms with Crippen molar-refractivity contribution in [2.24, 2.45) is 0 Å². The molecule has 0 saturated heterocycles. The minimum absolute atomic E-state index is 0.00886. The molecule has 0 spiro atoms. The molecule has 3 aromatic rings. The summed E-state index contributed by atoms with van der Waals surface area (Å²) in [5.41, 5.74) is 0.0315. The number of benzene rings is 3. The van der Waals surface area contributed by atoms with Crippen LogP contribution in [0.2, 0.25) is 5.02 Å². The molecule has 0 aromatic heterocycles. The average Bonchev–Trinajstić information content (AvgIpc) is 2.95. The van der Waals surface area contributed by atoms with E-state index in [9.17, 15) is 23.2 Å². The topological polar surface area (TPSA) is 66.5 Å². The highest BCUT2D eigenvalue weighted by molar-refractivity contribution is 6.40. The van der Waals surface area contributed by atoms with Gasteiger partial charge in [-0.3, -0.25) is 14.4 Å². The second-order valence-electron chi connectivity index (χ2n) is 6.24. The smallest absolute Gasteiger partial charge is 0.266 e. The molecular weight excluding hydrogens is 402 g/mol. The summed E-state index contributed by atoms with van der Waals surface area (Å²) in [7, 11) is 0. The zero-order valence-electron chi connectivity index (χ0n) is 14.6. The van der Waals surface area contributed by atoms with Gasteiger partial charge in [0, 0.05) is 11.6 Å². The Kier molecular flexibility index (Phi) is 4.60. The maximum Gasteiger partial charge on any atom is 0.266 e. The van der Waals surface area contributed by atoms with Crippen LogP contribution >= 0.6 is 11.6 Å². The number of hydrogen-bond donors (Lipinski definition) is 1. The highest BCUT2D eigenvalue weighted by atomic mass is 35.5. The summed E-state index contributed by atoms with van der Waals surface area (Å²) < 4.78 is 27.1. The summed E-state index contributed by atoms with van der Waals surface area (Å²) in [6.07, 6.45) is 0. The average molecular weight is 413 g/mol. The first-order valence-electron chi connectivity index (χ1n) is 8.40. The van der Waals surface area contributed by atoms with Crippen LogP contribution in [-0.2, 0) is 0 Å². The SMILES string of the molecule is O=C(Nc1cc(F)ccc1F)c1ccc2c(c1)C(=O)N(c1ccccc1Cl)C2=O. The fourth-order valence-corrected chi connectivity index (χ4v) is 3.24. The van der Waals surface area contributed by atoms with E-state index >= 15 is 0 Å². The van der Waals surface area contributed by atoms with Crippen molar-refractivity contribution in [3.63, 3.8) is 0 Å². The predicted molar refractivity (Wildman–Crippen MR) is 103 cm³/mol. The van der Waals surface area contributed by atoms with E-state index in [1.54, 1.807) is 18.2 Å². The number of carbonyl (C=O) groups excluding carboxylic acids is 3. The fourth-order valence-electron chi connectivity index (χ4n) is 3.02. The van der Waals surface area contributed by atoms with Gasteiger partial charge >= 0.3 is 0 Å². The zero-order valence-corrected chi connectivity index (χ0v) is 15.3. The number of para-hydroxylation sites is 1. The first-order valence-corrected chi connectivity index (χ1v) is 8.78. The highest BCUT2D eigenvalue weighted by Gasteiger charge is 2.38. The third-order valence-corrected chi connectivity index (χ3v) is 4.74. The van der Waals surface area contributed by atoms with E-state index < -0.39 is 29.4 Å². The third-order valence-electron chi connectivity index (χ3n) is 4.42. The number of nitrogens with zero attached hydrogens (tertiary/aromatic N) is 1. The lowest BCUT2D eigenvalue weighted by atomic mass is 10.1. The van der Waals surface area contributed by atoms with Gasteiger partial charge in [0.15, 0.2) is 0 Å². The molecule has 5 nitrogen and oxygen atoms in total. The summed E-state index contributed by atoms with van der Waals surface area (Å²) in [5, 5.41) is 2.48.